The van der Waals surface area contributed by atoms with E-state index >= 15 is 0 Å². The standard InChI is InChI=1S/C23H30N6OS/c1-4-19-26-15-18-20(24-2)21(31-23(18)27-19)22(30)25-10-9-16-5-7-17(8-6-16)29-13-11-28(3)12-14-29/h5-8,15,24H,4,9-14H2,1-3H3,(H,25,30). The summed E-state index contributed by atoms with van der Waals surface area (Å²) in [6, 6.07) is 8.72. The highest BCUT2D eigenvalue weighted by Crippen LogP contribution is 2.34. The number of anilines is 2. The molecular weight excluding hydrogens is 408 g/mol. The lowest BCUT2D eigenvalue weighted by molar-refractivity contribution is 0.0959. The fourth-order valence-corrected chi connectivity index (χ4v) is 4.93. The van der Waals surface area contributed by atoms with Gasteiger partial charge < -0.3 is 20.4 Å². The molecule has 7 nitrogen and oxygen atoms in total. The number of likely N-dealkylation sites (N-methyl/N-ethyl adjacent to an activating group) is 1. The summed E-state index contributed by atoms with van der Waals surface area (Å²) in [4.78, 5) is 28.1. The Bertz CT molecular complexity index is 1040. The Morgan fingerprint density at radius 2 is 1.90 bits per heavy atom. The minimum absolute atomic E-state index is 0.0699. The quantitative estimate of drug-likeness (QED) is 0.591. The maximum absolute atomic E-state index is 12.8. The first-order chi connectivity index (χ1) is 15.1. The van der Waals surface area contributed by atoms with Crippen molar-refractivity contribution < 1.29 is 4.79 Å². The van der Waals surface area contributed by atoms with Crippen molar-refractivity contribution in [2.24, 2.45) is 0 Å². The van der Waals surface area contributed by atoms with Gasteiger partial charge in [-0.2, -0.15) is 0 Å². The molecule has 0 saturated carbocycles. The molecule has 4 rings (SSSR count). The number of aryl methyl sites for hydroxylation is 1. The van der Waals surface area contributed by atoms with Crippen LogP contribution in [-0.4, -0.2) is 67.6 Å². The molecule has 0 spiro atoms. The van der Waals surface area contributed by atoms with Gasteiger partial charge >= 0.3 is 0 Å². The van der Waals surface area contributed by atoms with E-state index in [9.17, 15) is 4.79 Å². The molecule has 0 aliphatic carbocycles. The van der Waals surface area contributed by atoms with Gasteiger partial charge in [0.05, 0.1) is 11.1 Å². The van der Waals surface area contributed by atoms with Gasteiger partial charge in [0.15, 0.2) is 0 Å². The summed E-state index contributed by atoms with van der Waals surface area (Å²) < 4.78 is 0. The zero-order chi connectivity index (χ0) is 21.8. The molecular formula is C23H30N6OS. The van der Waals surface area contributed by atoms with Crippen LogP contribution in [0.5, 0.6) is 0 Å². The van der Waals surface area contributed by atoms with Crippen molar-refractivity contribution >= 4 is 38.8 Å². The topological polar surface area (TPSA) is 73.4 Å². The largest absolute Gasteiger partial charge is 0.386 e. The number of fused-ring (bicyclic) bond motifs is 1. The van der Waals surface area contributed by atoms with Gasteiger partial charge in [-0.05, 0) is 31.2 Å². The average Bonchev–Trinajstić information content (AvgIpc) is 3.18. The van der Waals surface area contributed by atoms with E-state index < -0.39 is 0 Å². The Balaban J connectivity index is 1.36. The van der Waals surface area contributed by atoms with Gasteiger partial charge in [-0.25, -0.2) is 9.97 Å². The van der Waals surface area contributed by atoms with Gasteiger partial charge in [-0.15, -0.1) is 11.3 Å². The molecule has 1 aromatic carbocycles. The Hall–Kier alpha value is -2.71. The predicted molar refractivity (Wildman–Crippen MR) is 129 cm³/mol. The fourth-order valence-electron chi connectivity index (χ4n) is 3.84. The highest BCUT2D eigenvalue weighted by Gasteiger charge is 2.19. The molecule has 3 heterocycles. The molecule has 164 valence electrons. The van der Waals surface area contributed by atoms with E-state index in [2.05, 4.69) is 61.7 Å². The van der Waals surface area contributed by atoms with Gasteiger partial charge in [-0.1, -0.05) is 19.1 Å². The Kier molecular flexibility index (Phi) is 6.67. The second-order valence-electron chi connectivity index (χ2n) is 7.88. The number of rotatable bonds is 7. The molecule has 8 heteroatoms. The van der Waals surface area contributed by atoms with Gasteiger partial charge in [-0.3, -0.25) is 4.79 Å². The lowest BCUT2D eigenvalue weighted by atomic mass is 10.1. The first kappa shape index (κ1) is 21.5. The summed E-state index contributed by atoms with van der Waals surface area (Å²) in [5.74, 6) is 0.725. The number of carbonyl (C=O) groups is 1. The zero-order valence-electron chi connectivity index (χ0n) is 18.4. The van der Waals surface area contributed by atoms with Crippen LogP contribution in [0.1, 0.15) is 28.0 Å². The van der Waals surface area contributed by atoms with E-state index in [1.807, 2.05) is 20.2 Å². The second-order valence-corrected chi connectivity index (χ2v) is 8.88. The van der Waals surface area contributed by atoms with Crippen LogP contribution in [0.15, 0.2) is 30.5 Å². The Morgan fingerprint density at radius 3 is 2.58 bits per heavy atom. The van der Waals surface area contributed by atoms with Crippen molar-refractivity contribution in [3.05, 3.63) is 46.7 Å². The molecule has 1 aliphatic heterocycles. The maximum atomic E-state index is 12.8. The lowest BCUT2D eigenvalue weighted by Crippen LogP contribution is -2.44. The number of nitrogens with zero attached hydrogens (tertiary/aromatic N) is 4. The van der Waals surface area contributed by atoms with E-state index in [0.29, 0.717) is 11.4 Å². The average molecular weight is 439 g/mol. The summed E-state index contributed by atoms with van der Waals surface area (Å²) in [6.07, 6.45) is 3.38. The molecule has 31 heavy (non-hydrogen) atoms. The van der Waals surface area contributed by atoms with Crippen LogP contribution >= 0.6 is 11.3 Å². The Morgan fingerprint density at radius 1 is 1.16 bits per heavy atom. The molecule has 1 saturated heterocycles. The SMILES string of the molecule is CCc1ncc2c(NC)c(C(=O)NCCc3ccc(N4CCN(C)CC4)cc3)sc2n1. The maximum Gasteiger partial charge on any atom is 0.263 e. The second kappa shape index (κ2) is 9.62. The number of nitrogens with one attached hydrogen (secondary N) is 2. The van der Waals surface area contributed by atoms with Crippen molar-refractivity contribution in [1.82, 2.24) is 20.2 Å². The van der Waals surface area contributed by atoms with E-state index in [1.165, 1.54) is 22.6 Å². The molecule has 1 fully saturated rings. The number of hydrogen-bond acceptors (Lipinski definition) is 7. The number of benzene rings is 1. The van der Waals surface area contributed by atoms with Crippen molar-refractivity contribution in [3.8, 4) is 0 Å². The number of aromatic nitrogens is 2. The molecule has 0 unspecified atom stereocenters. The van der Waals surface area contributed by atoms with Gasteiger partial charge in [0, 0.05) is 58.1 Å². The first-order valence-electron chi connectivity index (χ1n) is 10.9. The van der Waals surface area contributed by atoms with E-state index in [-0.39, 0.29) is 5.91 Å². The third-order valence-electron chi connectivity index (χ3n) is 5.78. The summed E-state index contributed by atoms with van der Waals surface area (Å²) in [5.41, 5.74) is 3.30. The van der Waals surface area contributed by atoms with Crippen LogP contribution < -0.4 is 15.5 Å². The lowest BCUT2D eigenvalue weighted by Gasteiger charge is -2.34. The first-order valence-corrected chi connectivity index (χ1v) is 11.7. The molecule has 1 amide bonds. The normalized spacial score (nSPS) is 14.7. The van der Waals surface area contributed by atoms with Crippen LogP contribution in [0.2, 0.25) is 0 Å². The Labute approximate surface area is 187 Å². The minimum Gasteiger partial charge on any atom is -0.386 e. The predicted octanol–water partition coefficient (Wildman–Crippen LogP) is 3.02. The number of amides is 1. The molecule has 2 N–H and O–H groups in total. The number of piperazine rings is 1. The molecule has 3 aromatic rings. The van der Waals surface area contributed by atoms with Crippen molar-refractivity contribution in [1.29, 1.82) is 0 Å². The summed E-state index contributed by atoms with van der Waals surface area (Å²) >= 11 is 1.42. The fraction of sp³-hybridized carbons (Fsp3) is 0.435. The third-order valence-corrected chi connectivity index (χ3v) is 6.87. The van der Waals surface area contributed by atoms with Crippen molar-refractivity contribution in [3.63, 3.8) is 0 Å². The van der Waals surface area contributed by atoms with Crippen molar-refractivity contribution in [2.45, 2.75) is 19.8 Å². The van der Waals surface area contributed by atoms with E-state index in [0.717, 1.165) is 60.7 Å². The van der Waals surface area contributed by atoms with Crippen LogP contribution in [0, 0.1) is 0 Å². The highest BCUT2D eigenvalue weighted by molar-refractivity contribution is 7.21. The van der Waals surface area contributed by atoms with Crippen LogP contribution in [-0.2, 0) is 12.8 Å². The van der Waals surface area contributed by atoms with Gasteiger partial charge in [0.1, 0.15) is 15.5 Å². The molecule has 1 aliphatic rings. The molecule has 0 radical (unpaired) electrons. The number of thiophene rings is 1. The third kappa shape index (κ3) is 4.80. The smallest absolute Gasteiger partial charge is 0.263 e. The number of carbonyl (C=O) groups excluding carboxylic acids is 1. The zero-order valence-corrected chi connectivity index (χ0v) is 19.3. The molecule has 0 atom stereocenters. The van der Waals surface area contributed by atoms with Crippen LogP contribution in [0.3, 0.4) is 0 Å². The van der Waals surface area contributed by atoms with Crippen molar-refractivity contribution in [2.75, 3.05) is 57.0 Å². The van der Waals surface area contributed by atoms with Gasteiger partial charge in [0.25, 0.3) is 5.91 Å². The summed E-state index contributed by atoms with van der Waals surface area (Å²) in [7, 11) is 4.00. The molecule has 0 bridgehead atoms. The summed E-state index contributed by atoms with van der Waals surface area (Å²) in [5, 5.41) is 7.11. The van der Waals surface area contributed by atoms with Gasteiger partial charge in [0.2, 0.25) is 0 Å². The van der Waals surface area contributed by atoms with E-state index in [4.69, 9.17) is 0 Å². The van der Waals surface area contributed by atoms with Crippen LogP contribution in [0.25, 0.3) is 10.2 Å². The minimum atomic E-state index is -0.0699. The van der Waals surface area contributed by atoms with E-state index in [1.54, 1.807) is 0 Å². The monoisotopic (exact) mass is 438 g/mol. The molecule has 2 aromatic heterocycles. The summed E-state index contributed by atoms with van der Waals surface area (Å²) in [6.45, 7) is 6.96. The van der Waals surface area contributed by atoms with Crippen LogP contribution in [0.4, 0.5) is 11.4 Å². The number of hydrogen-bond donors (Lipinski definition) is 2. The highest BCUT2D eigenvalue weighted by atomic mass is 32.1.